The van der Waals surface area contributed by atoms with Gasteiger partial charge in [0, 0.05) is 11.6 Å². The standard InChI is InChI=1S/C6H7N5S3/c7-9-5-11-10-4(14-5)3-13-6-8-1-2-12-6/h1-2H,3,7H2,(H,9,11). The van der Waals surface area contributed by atoms with Crippen molar-refractivity contribution < 1.29 is 0 Å². The summed E-state index contributed by atoms with van der Waals surface area (Å²) in [5.41, 5.74) is 2.46. The molecule has 0 aliphatic carbocycles. The van der Waals surface area contributed by atoms with Crippen molar-refractivity contribution in [3.8, 4) is 0 Å². The van der Waals surface area contributed by atoms with Crippen molar-refractivity contribution in [1.82, 2.24) is 15.2 Å². The molecule has 0 aliphatic heterocycles. The second-order valence-corrected chi connectivity index (χ2v) is 5.41. The van der Waals surface area contributed by atoms with Crippen LogP contribution in [0.3, 0.4) is 0 Å². The molecule has 0 bridgehead atoms. The SMILES string of the molecule is NNc1nnc(CSc2nccs2)s1. The number of nitrogens with one attached hydrogen (secondary N) is 1. The molecule has 0 aliphatic rings. The molecule has 2 aromatic heterocycles. The van der Waals surface area contributed by atoms with Crippen molar-refractivity contribution in [1.29, 1.82) is 0 Å². The molecule has 0 atom stereocenters. The average Bonchev–Trinajstić information content (AvgIpc) is 2.86. The van der Waals surface area contributed by atoms with E-state index in [4.69, 9.17) is 5.84 Å². The first kappa shape index (κ1) is 9.84. The number of hydrogen-bond acceptors (Lipinski definition) is 8. The minimum absolute atomic E-state index is 0.639. The van der Waals surface area contributed by atoms with E-state index >= 15 is 0 Å². The number of thioether (sulfide) groups is 1. The lowest BCUT2D eigenvalue weighted by atomic mass is 10.9. The number of nitrogens with two attached hydrogens (primary N) is 1. The van der Waals surface area contributed by atoms with Crippen molar-refractivity contribution in [2.24, 2.45) is 5.84 Å². The largest absolute Gasteiger partial charge is 0.298 e. The number of anilines is 1. The van der Waals surface area contributed by atoms with Gasteiger partial charge in [0.1, 0.15) is 9.35 Å². The van der Waals surface area contributed by atoms with Crippen LogP contribution < -0.4 is 11.3 Å². The number of hydrogen-bond donors (Lipinski definition) is 2. The molecule has 0 saturated heterocycles. The fraction of sp³-hybridized carbons (Fsp3) is 0.167. The van der Waals surface area contributed by atoms with Gasteiger partial charge in [-0.3, -0.25) is 5.43 Å². The molecule has 0 unspecified atom stereocenters. The predicted octanol–water partition coefficient (Wildman–Crippen LogP) is 1.57. The Morgan fingerprint density at radius 2 is 2.43 bits per heavy atom. The van der Waals surface area contributed by atoms with Crippen LogP contribution in [-0.2, 0) is 5.75 Å². The van der Waals surface area contributed by atoms with Crippen molar-refractivity contribution in [2.75, 3.05) is 5.43 Å². The molecule has 3 N–H and O–H groups in total. The van der Waals surface area contributed by atoms with E-state index in [1.54, 1.807) is 29.3 Å². The first-order valence-electron chi connectivity index (χ1n) is 3.70. The maximum Gasteiger partial charge on any atom is 0.219 e. The highest BCUT2D eigenvalue weighted by Gasteiger charge is 2.04. The quantitative estimate of drug-likeness (QED) is 0.484. The third-order valence-corrected chi connectivity index (χ3v) is 4.33. The number of aromatic nitrogens is 3. The number of nitrogens with zero attached hydrogens (tertiary/aromatic N) is 3. The minimum Gasteiger partial charge on any atom is -0.298 e. The van der Waals surface area contributed by atoms with E-state index < -0.39 is 0 Å². The van der Waals surface area contributed by atoms with Gasteiger partial charge in [-0.1, -0.05) is 23.1 Å². The van der Waals surface area contributed by atoms with Crippen LogP contribution in [0, 0.1) is 0 Å². The summed E-state index contributed by atoms with van der Waals surface area (Å²) >= 11 is 4.73. The van der Waals surface area contributed by atoms with Gasteiger partial charge in [0.2, 0.25) is 5.13 Å². The lowest BCUT2D eigenvalue weighted by molar-refractivity contribution is 1.03. The minimum atomic E-state index is 0.639. The van der Waals surface area contributed by atoms with Crippen LogP contribution in [0.5, 0.6) is 0 Å². The molecule has 2 heterocycles. The summed E-state index contributed by atoms with van der Waals surface area (Å²) < 4.78 is 1.04. The van der Waals surface area contributed by atoms with E-state index in [1.165, 1.54) is 11.3 Å². The topological polar surface area (TPSA) is 76.7 Å². The molecule has 74 valence electrons. The van der Waals surface area contributed by atoms with Gasteiger partial charge < -0.3 is 0 Å². The van der Waals surface area contributed by atoms with E-state index in [0.717, 1.165) is 15.1 Å². The summed E-state index contributed by atoms with van der Waals surface area (Å²) in [6, 6.07) is 0. The Balaban J connectivity index is 1.92. The molecule has 2 aromatic rings. The van der Waals surface area contributed by atoms with Gasteiger partial charge in [-0.2, -0.15) is 0 Å². The van der Waals surface area contributed by atoms with Gasteiger partial charge in [0.25, 0.3) is 0 Å². The molecule has 0 amide bonds. The van der Waals surface area contributed by atoms with Crippen LogP contribution in [0.25, 0.3) is 0 Å². The van der Waals surface area contributed by atoms with Crippen LogP contribution in [0.4, 0.5) is 5.13 Å². The first-order chi connectivity index (χ1) is 6.88. The summed E-state index contributed by atoms with van der Waals surface area (Å²) in [7, 11) is 0. The molecule has 0 spiro atoms. The Morgan fingerprint density at radius 1 is 1.50 bits per heavy atom. The van der Waals surface area contributed by atoms with Crippen LogP contribution in [0.15, 0.2) is 15.9 Å². The van der Waals surface area contributed by atoms with E-state index in [-0.39, 0.29) is 0 Å². The fourth-order valence-electron chi connectivity index (χ4n) is 0.775. The van der Waals surface area contributed by atoms with Crippen molar-refractivity contribution in [3.63, 3.8) is 0 Å². The zero-order valence-electron chi connectivity index (χ0n) is 7.01. The molecular weight excluding hydrogens is 238 g/mol. The third kappa shape index (κ3) is 2.41. The van der Waals surface area contributed by atoms with Crippen LogP contribution in [0.1, 0.15) is 5.01 Å². The summed E-state index contributed by atoms with van der Waals surface area (Å²) in [6.45, 7) is 0. The van der Waals surface area contributed by atoms with Crippen LogP contribution in [-0.4, -0.2) is 15.2 Å². The van der Waals surface area contributed by atoms with E-state index in [2.05, 4.69) is 20.6 Å². The summed E-state index contributed by atoms with van der Waals surface area (Å²) in [4.78, 5) is 4.16. The number of rotatable bonds is 4. The predicted molar refractivity (Wildman–Crippen MR) is 59.4 cm³/mol. The van der Waals surface area contributed by atoms with Crippen molar-refractivity contribution in [3.05, 3.63) is 16.6 Å². The Labute approximate surface area is 92.7 Å². The molecule has 0 radical (unpaired) electrons. The number of thiazole rings is 1. The molecule has 0 saturated carbocycles. The van der Waals surface area contributed by atoms with Gasteiger partial charge >= 0.3 is 0 Å². The molecule has 8 heteroatoms. The molecule has 0 aromatic carbocycles. The molecule has 14 heavy (non-hydrogen) atoms. The van der Waals surface area contributed by atoms with Gasteiger partial charge in [0.15, 0.2) is 0 Å². The van der Waals surface area contributed by atoms with Gasteiger partial charge in [-0.15, -0.1) is 21.5 Å². The summed E-state index contributed by atoms with van der Waals surface area (Å²) in [5.74, 6) is 5.98. The normalized spacial score (nSPS) is 10.4. The second-order valence-electron chi connectivity index (χ2n) is 2.23. The highest BCUT2D eigenvalue weighted by atomic mass is 32.2. The first-order valence-corrected chi connectivity index (χ1v) is 6.38. The van der Waals surface area contributed by atoms with Gasteiger partial charge in [-0.05, 0) is 0 Å². The lowest BCUT2D eigenvalue weighted by Gasteiger charge is -1.90. The average molecular weight is 245 g/mol. The van der Waals surface area contributed by atoms with Crippen LogP contribution >= 0.6 is 34.4 Å². The number of hydrazine groups is 1. The zero-order chi connectivity index (χ0) is 9.80. The zero-order valence-corrected chi connectivity index (χ0v) is 9.46. The van der Waals surface area contributed by atoms with Crippen LogP contribution in [0.2, 0.25) is 0 Å². The van der Waals surface area contributed by atoms with Gasteiger partial charge in [-0.25, -0.2) is 10.8 Å². The maximum absolute atomic E-state index is 5.19. The Morgan fingerprint density at radius 3 is 3.07 bits per heavy atom. The second kappa shape index (κ2) is 4.69. The van der Waals surface area contributed by atoms with Crippen molar-refractivity contribution >= 4 is 39.6 Å². The molecule has 2 rings (SSSR count). The Kier molecular flexibility index (Phi) is 3.30. The van der Waals surface area contributed by atoms with Crippen molar-refractivity contribution in [2.45, 2.75) is 10.1 Å². The molecular formula is C6H7N5S3. The summed E-state index contributed by atoms with van der Waals surface area (Å²) in [6.07, 6.45) is 1.79. The smallest absolute Gasteiger partial charge is 0.219 e. The summed E-state index contributed by atoms with van der Waals surface area (Å²) in [5, 5.41) is 11.3. The van der Waals surface area contributed by atoms with E-state index in [9.17, 15) is 0 Å². The fourth-order valence-corrected chi connectivity index (χ4v) is 3.05. The highest BCUT2D eigenvalue weighted by molar-refractivity contribution is 8.00. The Hall–Kier alpha value is -0.700. The monoisotopic (exact) mass is 245 g/mol. The number of nitrogen functional groups attached to an aromatic ring is 1. The third-order valence-electron chi connectivity index (χ3n) is 1.32. The highest BCUT2D eigenvalue weighted by Crippen LogP contribution is 2.26. The van der Waals surface area contributed by atoms with E-state index in [1.807, 2.05) is 5.38 Å². The van der Waals surface area contributed by atoms with E-state index in [0.29, 0.717) is 5.13 Å². The molecule has 0 fully saturated rings. The van der Waals surface area contributed by atoms with Gasteiger partial charge in [0.05, 0.1) is 5.75 Å². The lowest BCUT2D eigenvalue weighted by Crippen LogP contribution is -2.05. The molecule has 5 nitrogen and oxygen atoms in total. The Bertz CT molecular complexity index is 384. The maximum atomic E-state index is 5.19.